The van der Waals surface area contributed by atoms with Crippen molar-refractivity contribution in [3.05, 3.63) is 29.0 Å². The van der Waals surface area contributed by atoms with Gasteiger partial charge in [-0.3, -0.25) is 0 Å². The lowest BCUT2D eigenvalue weighted by Crippen LogP contribution is -2.02. The molecule has 0 aliphatic carbocycles. The minimum Gasteiger partial charge on any atom is -0.479 e. The highest BCUT2D eigenvalue weighted by molar-refractivity contribution is 9.10. The SMILES string of the molecule is COc1nc(-n2cc(Br)cn2)ccc1N. The fourth-order valence-corrected chi connectivity index (χ4v) is 1.44. The lowest BCUT2D eigenvalue weighted by atomic mass is 10.4. The highest BCUT2D eigenvalue weighted by Gasteiger charge is 2.05. The predicted octanol–water partition coefficient (Wildman–Crippen LogP) is 1.62. The summed E-state index contributed by atoms with van der Waals surface area (Å²) in [7, 11) is 1.53. The second-order valence-electron chi connectivity index (χ2n) is 2.87. The number of ether oxygens (including phenoxy) is 1. The zero-order chi connectivity index (χ0) is 10.8. The fraction of sp³-hybridized carbons (Fsp3) is 0.111. The van der Waals surface area contributed by atoms with E-state index in [0.29, 0.717) is 17.4 Å². The quantitative estimate of drug-likeness (QED) is 0.899. The second kappa shape index (κ2) is 3.90. The van der Waals surface area contributed by atoms with Crippen molar-refractivity contribution in [1.29, 1.82) is 0 Å². The summed E-state index contributed by atoms with van der Waals surface area (Å²) < 4.78 is 7.54. The third-order valence-electron chi connectivity index (χ3n) is 1.85. The summed E-state index contributed by atoms with van der Waals surface area (Å²) in [5, 5.41) is 4.10. The Morgan fingerprint density at radius 2 is 2.27 bits per heavy atom. The van der Waals surface area contributed by atoms with Crippen molar-refractivity contribution in [3.63, 3.8) is 0 Å². The van der Waals surface area contributed by atoms with Crippen LogP contribution in [0.25, 0.3) is 5.82 Å². The van der Waals surface area contributed by atoms with Crippen LogP contribution in [0.1, 0.15) is 0 Å². The first-order valence-corrected chi connectivity index (χ1v) is 5.01. The number of hydrogen-bond donors (Lipinski definition) is 1. The lowest BCUT2D eigenvalue weighted by molar-refractivity contribution is 0.399. The maximum absolute atomic E-state index is 5.66. The van der Waals surface area contributed by atoms with Gasteiger partial charge in [0, 0.05) is 6.20 Å². The summed E-state index contributed by atoms with van der Waals surface area (Å²) >= 11 is 3.31. The summed E-state index contributed by atoms with van der Waals surface area (Å²) in [6.07, 6.45) is 3.49. The molecule has 6 heteroatoms. The van der Waals surface area contributed by atoms with Crippen LogP contribution in [0.15, 0.2) is 29.0 Å². The zero-order valence-electron chi connectivity index (χ0n) is 8.01. The van der Waals surface area contributed by atoms with Gasteiger partial charge in [0.2, 0.25) is 5.88 Å². The Labute approximate surface area is 95.0 Å². The minimum absolute atomic E-state index is 0.402. The van der Waals surface area contributed by atoms with Crippen molar-refractivity contribution in [2.24, 2.45) is 0 Å². The van der Waals surface area contributed by atoms with Crippen molar-refractivity contribution in [2.75, 3.05) is 12.8 Å². The van der Waals surface area contributed by atoms with E-state index < -0.39 is 0 Å². The van der Waals surface area contributed by atoms with Crippen LogP contribution in [-0.2, 0) is 0 Å². The average Bonchev–Trinajstić information content (AvgIpc) is 2.66. The molecule has 78 valence electrons. The van der Waals surface area contributed by atoms with E-state index in [-0.39, 0.29) is 0 Å². The number of aromatic nitrogens is 3. The molecule has 2 N–H and O–H groups in total. The summed E-state index contributed by atoms with van der Waals surface area (Å²) in [5.41, 5.74) is 6.16. The Morgan fingerprint density at radius 1 is 1.47 bits per heavy atom. The molecule has 0 saturated heterocycles. The number of methoxy groups -OCH3 is 1. The van der Waals surface area contributed by atoms with Gasteiger partial charge in [0.15, 0.2) is 5.82 Å². The van der Waals surface area contributed by atoms with Gasteiger partial charge in [-0.25, -0.2) is 4.68 Å². The summed E-state index contributed by atoms with van der Waals surface area (Å²) in [5.74, 6) is 1.06. The van der Waals surface area contributed by atoms with Crippen LogP contribution in [0, 0.1) is 0 Å². The number of anilines is 1. The number of hydrogen-bond acceptors (Lipinski definition) is 4. The molecule has 0 fully saturated rings. The average molecular weight is 269 g/mol. The number of nitrogens with two attached hydrogens (primary N) is 1. The van der Waals surface area contributed by atoms with E-state index in [1.807, 2.05) is 0 Å². The molecule has 2 aromatic rings. The van der Waals surface area contributed by atoms with E-state index in [1.165, 1.54) is 7.11 Å². The standard InChI is InChI=1S/C9H9BrN4O/c1-15-9-7(11)2-3-8(13-9)14-5-6(10)4-12-14/h2-5H,11H2,1H3. The predicted molar refractivity (Wildman–Crippen MR) is 60.0 cm³/mol. The Bertz CT molecular complexity index is 483. The van der Waals surface area contributed by atoms with Gasteiger partial charge in [0.05, 0.1) is 23.5 Å². The van der Waals surface area contributed by atoms with Crippen molar-refractivity contribution in [3.8, 4) is 11.7 Å². The number of pyridine rings is 1. The topological polar surface area (TPSA) is 66.0 Å². The van der Waals surface area contributed by atoms with E-state index >= 15 is 0 Å². The third kappa shape index (κ3) is 1.94. The van der Waals surface area contributed by atoms with Crippen LogP contribution in [0.5, 0.6) is 5.88 Å². The van der Waals surface area contributed by atoms with E-state index in [9.17, 15) is 0 Å². The molecule has 0 unspecified atom stereocenters. The van der Waals surface area contributed by atoms with E-state index in [1.54, 1.807) is 29.2 Å². The normalized spacial score (nSPS) is 10.3. The summed E-state index contributed by atoms with van der Waals surface area (Å²) in [6.45, 7) is 0. The van der Waals surface area contributed by atoms with Crippen molar-refractivity contribution in [2.45, 2.75) is 0 Å². The molecule has 0 aliphatic rings. The second-order valence-corrected chi connectivity index (χ2v) is 3.79. The van der Waals surface area contributed by atoms with Gasteiger partial charge in [-0.2, -0.15) is 10.1 Å². The van der Waals surface area contributed by atoms with Gasteiger partial charge in [-0.1, -0.05) is 0 Å². The molecule has 2 aromatic heterocycles. The molecule has 0 bridgehead atoms. The Kier molecular flexibility index (Phi) is 2.59. The smallest absolute Gasteiger partial charge is 0.238 e. The molecule has 0 amide bonds. The Hall–Kier alpha value is -1.56. The first kappa shape index (κ1) is 9.97. The molecular formula is C9H9BrN4O. The van der Waals surface area contributed by atoms with Gasteiger partial charge in [0.25, 0.3) is 0 Å². The number of halogens is 1. The van der Waals surface area contributed by atoms with Crippen molar-refractivity contribution < 1.29 is 4.74 Å². The molecule has 15 heavy (non-hydrogen) atoms. The molecule has 0 aliphatic heterocycles. The van der Waals surface area contributed by atoms with Crippen LogP contribution in [-0.4, -0.2) is 21.9 Å². The monoisotopic (exact) mass is 268 g/mol. The van der Waals surface area contributed by atoms with Crippen LogP contribution in [0.3, 0.4) is 0 Å². The first-order chi connectivity index (χ1) is 7.20. The zero-order valence-corrected chi connectivity index (χ0v) is 9.60. The number of nitrogens with zero attached hydrogens (tertiary/aromatic N) is 3. The number of rotatable bonds is 2. The van der Waals surface area contributed by atoms with Crippen molar-refractivity contribution in [1.82, 2.24) is 14.8 Å². The Balaban J connectivity index is 2.45. The molecule has 0 radical (unpaired) electrons. The molecule has 2 heterocycles. The van der Waals surface area contributed by atoms with Gasteiger partial charge in [0.1, 0.15) is 0 Å². The lowest BCUT2D eigenvalue weighted by Gasteiger charge is -2.05. The van der Waals surface area contributed by atoms with Gasteiger partial charge in [-0.15, -0.1) is 0 Å². The molecule has 0 atom stereocenters. The van der Waals surface area contributed by atoms with E-state index in [0.717, 1.165) is 4.47 Å². The van der Waals surface area contributed by atoms with Gasteiger partial charge in [-0.05, 0) is 28.1 Å². The molecule has 0 spiro atoms. The summed E-state index contributed by atoms with van der Waals surface area (Å²) in [4.78, 5) is 4.21. The van der Waals surface area contributed by atoms with Gasteiger partial charge < -0.3 is 10.5 Å². The fourth-order valence-electron chi connectivity index (χ4n) is 1.16. The third-order valence-corrected chi connectivity index (χ3v) is 2.26. The summed E-state index contributed by atoms with van der Waals surface area (Å²) in [6, 6.07) is 3.51. The van der Waals surface area contributed by atoms with Crippen LogP contribution < -0.4 is 10.5 Å². The van der Waals surface area contributed by atoms with E-state index in [2.05, 4.69) is 26.0 Å². The highest BCUT2D eigenvalue weighted by atomic mass is 79.9. The van der Waals surface area contributed by atoms with Gasteiger partial charge >= 0.3 is 0 Å². The molecule has 0 saturated carbocycles. The maximum atomic E-state index is 5.66. The van der Waals surface area contributed by atoms with Crippen molar-refractivity contribution >= 4 is 21.6 Å². The maximum Gasteiger partial charge on any atom is 0.238 e. The van der Waals surface area contributed by atoms with Crippen LogP contribution >= 0.6 is 15.9 Å². The molecule has 0 aromatic carbocycles. The molecular weight excluding hydrogens is 260 g/mol. The number of nitrogen functional groups attached to an aromatic ring is 1. The van der Waals surface area contributed by atoms with Crippen LogP contribution in [0.4, 0.5) is 5.69 Å². The minimum atomic E-state index is 0.402. The highest BCUT2D eigenvalue weighted by Crippen LogP contribution is 2.20. The molecule has 5 nitrogen and oxygen atoms in total. The first-order valence-electron chi connectivity index (χ1n) is 4.22. The largest absolute Gasteiger partial charge is 0.479 e. The van der Waals surface area contributed by atoms with Crippen LogP contribution in [0.2, 0.25) is 0 Å². The van der Waals surface area contributed by atoms with E-state index in [4.69, 9.17) is 10.5 Å². The molecule has 2 rings (SSSR count). The Morgan fingerprint density at radius 3 is 2.87 bits per heavy atom.